The molecule has 0 amide bonds. The Labute approximate surface area is 104 Å². The fourth-order valence-electron chi connectivity index (χ4n) is 2.37. The lowest BCUT2D eigenvalue weighted by Crippen LogP contribution is -2.32. The Hall–Kier alpha value is -1.22. The van der Waals surface area contributed by atoms with Gasteiger partial charge in [0.2, 0.25) is 0 Å². The van der Waals surface area contributed by atoms with Crippen LogP contribution in [0.25, 0.3) is 0 Å². The van der Waals surface area contributed by atoms with E-state index >= 15 is 0 Å². The van der Waals surface area contributed by atoms with Gasteiger partial charge in [-0.3, -0.25) is 4.90 Å². The molecule has 1 aliphatic heterocycles. The molecule has 0 atom stereocenters. The van der Waals surface area contributed by atoms with Crippen LogP contribution in [0, 0.1) is 5.92 Å². The van der Waals surface area contributed by atoms with Crippen LogP contribution in [0.2, 0.25) is 0 Å². The number of piperidine rings is 1. The van der Waals surface area contributed by atoms with Crippen LogP contribution < -0.4 is 10.5 Å². The molecular weight excluding hydrogens is 212 g/mol. The number of methoxy groups -OCH3 is 1. The van der Waals surface area contributed by atoms with Crippen molar-refractivity contribution in [3.8, 4) is 5.75 Å². The minimum Gasteiger partial charge on any atom is -0.497 e. The third-order valence-electron chi connectivity index (χ3n) is 3.51. The highest BCUT2D eigenvalue weighted by Crippen LogP contribution is 2.22. The molecule has 1 heterocycles. The minimum atomic E-state index is 0.782. The monoisotopic (exact) mass is 234 g/mol. The molecule has 1 aliphatic rings. The van der Waals surface area contributed by atoms with Gasteiger partial charge in [0.05, 0.1) is 7.11 Å². The second-order valence-corrected chi connectivity index (χ2v) is 5.07. The van der Waals surface area contributed by atoms with Crippen molar-refractivity contribution in [3.05, 3.63) is 23.8 Å². The summed E-state index contributed by atoms with van der Waals surface area (Å²) >= 11 is 0. The molecule has 1 aromatic carbocycles. The van der Waals surface area contributed by atoms with Crippen LogP contribution >= 0.6 is 0 Å². The highest BCUT2D eigenvalue weighted by molar-refractivity contribution is 5.47. The summed E-state index contributed by atoms with van der Waals surface area (Å²) in [5.41, 5.74) is 7.89. The third kappa shape index (κ3) is 3.37. The number of benzene rings is 1. The molecule has 0 saturated carbocycles. The molecule has 1 aromatic rings. The molecule has 0 unspecified atom stereocenters. The predicted molar refractivity (Wildman–Crippen MR) is 71.1 cm³/mol. The van der Waals surface area contributed by atoms with E-state index in [0.29, 0.717) is 0 Å². The van der Waals surface area contributed by atoms with Crippen LogP contribution in [0.3, 0.4) is 0 Å². The van der Waals surface area contributed by atoms with Crippen molar-refractivity contribution in [3.63, 3.8) is 0 Å². The quantitative estimate of drug-likeness (QED) is 0.817. The maximum atomic E-state index is 5.86. The molecule has 3 nitrogen and oxygen atoms in total. The largest absolute Gasteiger partial charge is 0.497 e. The average Bonchev–Trinajstić information content (AvgIpc) is 2.31. The first-order chi connectivity index (χ1) is 8.17. The van der Waals surface area contributed by atoms with Crippen LogP contribution in [0.5, 0.6) is 5.75 Å². The highest BCUT2D eigenvalue weighted by Gasteiger charge is 2.15. The first-order valence-corrected chi connectivity index (χ1v) is 6.33. The predicted octanol–water partition coefficient (Wildman–Crippen LogP) is 2.51. The Morgan fingerprint density at radius 3 is 2.65 bits per heavy atom. The molecule has 2 N–H and O–H groups in total. The number of hydrogen-bond acceptors (Lipinski definition) is 3. The van der Waals surface area contributed by atoms with Crippen LogP contribution in [0.4, 0.5) is 5.69 Å². The summed E-state index contributed by atoms with van der Waals surface area (Å²) < 4.78 is 5.24. The number of nitrogen functional groups attached to an aromatic ring is 1. The van der Waals surface area contributed by atoms with E-state index < -0.39 is 0 Å². The van der Waals surface area contributed by atoms with E-state index in [1.54, 1.807) is 7.11 Å². The minimum absolute atomic E-state index is 0.782. The van der Waals surface area contributed by atoms with Gasteiger partial charge in [-0.2, -0.15) is 0 Å². The summed E-state index contributed by atoms with van der Waals surface area (Å²) in [4.78, 5) is 2.49. The van der Waals surface area contributed by atoms with Crippen molar-refractivity contribution in [1.29, 1.82) is 0 Å². The number of likely N-dealkylation sites (tertiary alicyclic amines) is 1. The molecule has 1 fully saturated rings. The average molecular weight is 234 g/mol. The van der Waals surface area contributed by atoms with E-state index in [0.717, 1.165) is 23.9 Å². The fourth-order valence-corrected chi connectivity index (χ4v) is 2.37. The number of hydrogen-bond donors (Lipinski definition) is 1. The van der Waals surface area contributed by atoms with Crippen molar-refractivity contribution in [1.82, 2.24) is 4.90 Å². The normalized spacial score (nSPS) is 18.2. The van der Waals surface area contributed by atoms with Crippen molar-refractivity contribution in [2.45, 2.75) is 26.3 Å². The Morgan fingerprint density at radius 2 is 2.00 bits per heavy atom. The van der Waals surface area contributed by atoms with E-state index in [1.807, 2.05) is 12.1 Å². The van der Waals surface area contributed by atoms with E-state index in [1.165, 1.54) is 31.5 Å². The topological polar surface area (TPSA) is 38.5 Å². The lowest BCUT2D eigenvalue weighted by molar-refractivity contribution is 0.185. The molecular formula is C14H22N2O. The van der Waals surface area contributed by atoms with E-state index in [2.05, 4.69) is 17.9 Å². The molecule has 94 valence electrons. The first-order valence-electron chi connectivity index (χ1n) is 6.33. The van der Waals surface area contributed by atoms with Gasteiger partial charge < -0.3 is 10.5 Å². The van der Waals surface area contributed by atoms with Crippen molar-refractivity contribution >= 4 is 5.69 Å². The van der Waals surface area contributed by atoms with Crippen molar-refractivity contribution in [2.24, 2.45) is 5.92 Å². The zero-order valence-electron chi connectivity index (χ0n) is 10.8. The molecule has 0 bridgehead atoms. The third-order valence-corrected chi connectivity index (χ3v) is 3.51. The van der Waals surface area contributed by atoms with Gasteiger partial charge in [0, 0.05) is 18.3 Å². The van der Waals surface area contributed by atoms with Crippen molar-refractivity contribution < 1.29 is 4.74 Å². The van der Waals surface area contributed by atoms with Gasteiger partial charge in [0.15, 0.2) is 0 Å². The first kappa shape index (κ1) is 12.2. The molecule has 17 heavy (non-hydrogen) atoms. The van der Waals surface area contributed by atoms with Crippen LogP contribution in [-0.2, 0) is 6.54 Å². The van der Waals surface area contributed by atoms with Crippen LogP contribution in [0.1, 0.15) is 25.3 Å². The number of rotatable bonds is 3. The number of ether oxygens (including phenoxy) is 1. The lowest BCUT2D eigenvalue weighted by Gasteiger charge is -2.30. The maximum Gasteiger partial charge on any atom is 0.121 e. The van der Waals surface area contributed by atoms with Gasteiger partial charge in [0.25, 0.3) is 0 Å². The SMILES string of the molecule is COc1cc(N)cc(CN2CCC(C)CC2)c1. The zero-order valence-corrected chi connectivity index (χ0v) is 10.8. The van der Waals surface area contributed by atoms with Gasteiger partial charge in [-0.15, -0.1) is 0 Å². The smallest absolute Gasteiger partial charge is 0.121 e. The summed E-state index contributed by atoms with van der Waals surface area (Å²) in [6.45, 7) is 5.70. The molecule has 0 aromatic heterocycles. The van der Waals surface area contributed by atoms with Gasteiger partial charge in [0.1, 0.15) is 5.75 Å². The van der Waals surface area contributed by atoms with E-state index in [9.17, 15) is 0 Å². The molecule has 3 heteroatoms. The number of nitrogens with two attached hydrogens (primary N) is 1. The maximum absolute atomic E-state index is 5.86. The summed E-state index contributed by atoms with van der Waals surface area (Å²) in [6, 6.07) is 5.98. The zero-order chi connectivity index (χ0) is 12.3. The van der Waals surface area contributed by atoms with Gasteiger partial charge in [-0.25, -0.2) is 0 Å². The number of nitrogens with zero attached hydrogens (tertiary/aromatic N) is 1. The summed E-state index contributed by atoms with van der Waals surface area (Å²) in [5.74, 6) is 1.73. The summed E-state index contributed by atoms with van der Waals surface area (Å²) in [6.07, 6.45) is 2.61. The van der Waals surface area contributed by atoms with E-state index in [4.69, 9.17) is 10.5 Å². The van der Waals surface area contributed by atoms with Crippen LogP contribution in [-0.4, -0.2) is 25.1 Å². The van der Waals surface area contributed by atoms with Gasteiger partial charge in [-0.05, 0) is 49.5 Å². The molecule has 0 aliphatic carbocycles. The van der Waals surface area contributed by atoms with Gasteiger partial charge >= 0.3 is 0 Å². The fraction of sp³-hybridized carbons (Fsp3) is 0.571. The Bertz CT molecular complexity index is 370. The Balaban J connectivity index is 2.00. The van der Waals surface area contributed by atoms with E-state index in [-0.39, 0.29) is 0 Å². The molecule has 0 spiro atoms. The Morgan fingerprint density at radius 1 is 1.29 bits per heavy atom. The second-order valence-electron chi connectivity index (χ2n) is 5.07. The Kier molecular flexibility index (Phi) is 3.89. The second kappa shape index (κ2) is 5.41. The molecule has 2 rings (SSSR count). The van der Waals surface area contributed by atoms with Gasteiger partial charge in [-0.1, -0.05) is 6.92 Å². The lowest BCUT2D eigenvalue weighted by atomic mass is 9.99. The highest BCUT2D eigenvalue weighted by atomic mass is 16.5. The van der Waals surface area contributed by atoms with Crippen molar-refractivity contribution in [2.75, 3.05) is 25.9 Å². The van der Waals surface area contributed by atoms with Crippen LogP contribution in [0.15, 0.2) is 18.2 Å². The summed E-state index contributed by atoms with van der Waals surface area (Å²) in [5, 5.41) is 0. The number of anilines is 1. The summed E-state index contributed by atoms with van der Waals surface area (Å²) in [7, 11) is 1.68. The molecule has 0 radical (unpaired) electrons. The standard InChI is InChI=1S/C14H22N2O/c1-11-3-5-16(6-4-11)10-12-7-13(15)9-14(8-12)17-2/h7-9,11H,3-6,10,15H2,1-2H3. The molecule has 1 saturated heterocycles.